The monoisotopic (exact) mass is 273 g/mol. The van der Waals surface area contributed by atoms with Crippen LogP contribution in [-0.2, 0) is 6.42 Å². The number of aryl methyl sites for hydroxylation is 2. The van der Waals surface area contributed by atoms with Gasteiger partial charge in [0.1, 0.15) is 23.8 Å². The highest BCUT2D eigenvalue weighted by molar-refractivity contribution is 5.42. The molecule has 0 saturated heterocycles. The van der Waals surface area contributed by atoms with Crippen molar-refractivity contribution in [3.8, 4) is 5.82 Å². The van der Waals surface area contributed by atoms with Gasteiger partial charge in [0.15, 0.2) is 0 Å². The Labute approximate surface area is 120 Å². The van der Waals surface area contributed by atoms with E-state index in [-0.39, 0.29) is 0 Å². The van der Waals surface area contributed by atoms with Gasteiger partial charge < -0.3 is 5.32 Å². The van der Waals surface area contributed by atoms with Crippen LogP contribution in [0.5, 0.6) is 0 Å². The average Bonchev–Trinajstić information content (AvgIpc) is 2.77. The summed E-state index contributed by atoms with van der Waals surface area (Å²) in [4.78, 5) is 13.6. The Hall–Kier alpha value is -1.91. The molecule has 0 aliphatic heterocycles. The lowest BCUT2D eigenvalue weighted by atomic mass is 10.3. The number of aromatic nitrogens is 4. The third-order valence-electron chi connectivity index (χ3n) is 3.29. The predicted molar refractivity (Wildman–Crippen MR) is 81.4 cm³/mol. The lowest BCUT2D eigenvalue weighted by molar-refractivity contribution is 0.810. The molecular weight excluding hydrogens is 250 g/mol. The molecule has 20 heavy (non-hydrogen) atoms. The minimum atomic E-state index is 0.884. The van der Waals surface area contributed by atoms with Crippen LogP contribution >= 0.6 is 0 Å². The van der Waals surface area contributed by atoms with E-state index in [0.29, 0.717) is 0 Å². The molecule has 0 radical (unpaired) electrons. The van der Waals surface area contributed by atoms with Crippen LogP contribution in [0.2, 0.25) is 0 Å². The first-order chi connectivity index (χ1) is 9.65. The standard InChI is InChI=1S/C15H23N5/c1-5-7-13-18-14(16-8-6-2)9-15(19-13)20-10-17-11(3)12(20)4/h9-10H,5-8H2,1-4H3,(H,16,18,19). The third kappa shape index (κ3) is 3.15. The van der Waals surface area contributed by atoms with Crippen LogP contribution in [0.25, 0.3) is 5.82 Å². The molecule has 1 N–H and O–H groups in total. The number of hydrogen-bond acceptors (Lipinski definition) is 4. The fourth-order valence-electron chi connectivity index (χ4n) is 2.02. The first-order valence-electron chi connectivity index (χ1n) is 7.28. The van der Waals surface area contributed by atoms with Gasteiger partial charge in [0.2, 0.25) is 0 Å². The molecule has 2 aromatic heterocycles. The maximum atomic E-state index is 4.65. The summed E-state index contributed by atoms with van der Waals surface area (Å²) in [6.45, 7) is 9.27. The molecule has 5 nitrogen and oxygen atoms in total. The van der Waals surface area contributed by atoms with Gasteiger partial charge in [0.05, 0.1) is 5.69 Å². The second kappa shape index (κ2) is 6.50. The van der Waals surface area contributed by atoms with Crippen molar-refractivity contribution in [3.05, 3.63) is 29.6 Å². The summed E-state index contributed by atoms with van der Waals surface area (Å²) in [6.07, 6.45) is 4.83. The molecule has 5 heteroatoms. The topological polar surface area (TPSA) is 55.6 Å². The number of nitrogens with one attached hydrogen (secondary N) is 1. The van der Waals surface area contributed by atoms with Crippen LogP contribution in [-0.4, -0.2) is 26.1 Å². The van der Waals surface area contributed by atoms with Crippen molar-refractivity contribution in [1.82, 2.24) is 19.5 Å². The van der Waals surface area contributed by atoms with Crippen LogP contribution in [0.3, 0.4) is 0 Å². The Balaban J connectivity index is 2.40. The largest absolute Gasteiger partial charge is 0.370 e. The Morgan fingerprint density at radius 3 is 2.55 bits per heavy atom. The molecule has 2 aromatic rings. The van der Waals surface area contributed by atoms with E-state index in [0.717, 1.165) is 54.7 Å². The molecule has 2 heterocycles. The molecule has 0 aliphatic rings. The van der Waals surface area contributed by atoms with E-state index in [2.05, 4.69) is 41.0 Å². The van der Waals surface area contributed by atoms with Crippen molar-refractivity contribution in [1.29, 1.82) is 0 Å². The first-order valence-corrected chi connectivity index (χ1v) is 7.28. The van der Waals surface area contributed by atoms with Crippen LogP contribution < -0.4 is 5.32 Å². The molecule has 108 valence electrons. The summed E-state index contributed by atoms with van der Waals surface area (Å²) in [5.41, 5.74) is 2.15. The highest BCUT2D eigenvalue weighted by atomic mass is 15.1. The van der Waals surface area contributed by atoms with Gasteiger partial charge in [-0.15, -0.1) is 0 Å². The lowest BCUT2D eigenvalue weighted by Crippen LogP contribution is -2.09. The summed E-state index contributed by atoms with van der Waals surface area (Å²) >= 11 is 0. The molecular formula is C15H23N5. The molecule has 0 amide bonds. The van der Waals surface area contributed by atoms with Gasteiger partial charge in [-0.3, -0.25) is 4.57 Å². The van der Waals surface area contributed by atoms with Crippen LogP contribution in [0, 0.1) is 13.8 Å². The lowest BCUT2D eigenvalue weighted by Gasteiger charge is -2.10. The van der Waals surface area contributed by atoms with Crippen molar-refractivity contribution in [3.63, 3.8) is 0 Å². The smallest absolute Gasteiger partial charge is 0.143 e. The maximum absolute atomic E-state index is 4.65. The number of anilines is 1. The van der Waals surface area contributed by atoms with Crippen molar-refractivity contribution in [2.24, 2.45) is 0 Å². The highest BCUT2D eigenvalue weighted by Crippen LogP contribution is 2.16. The summed E-state index contributed by atoms with van der Waals surface area (Å²) < 4.78 is 2.02. The van der Waals surface area contributed by atoms with Gasteiger partial charge in [-0.25, -0.2) is 15.0 Å². The number of rotatable bonds is 6. The summed E-state index contributed by atoms with van der Waals surface area (Å²) in [5.74, 6) is 2.67. The van der Waals surface area contributed by atoms with Gasteiger partial charge in [-0.05, 0) is 26.7 Å². The SMILES string of the molecule is CCCNc1cc(-n2cnc(C)c2C)nc(CCC)n1. The molecule has 0 saturated carbocycles. The number of imidazole rings is 1. The van der Waals surface area contributed by atoms with Crippen molar-refractivity contribution in [2.45, 2.75) is 47.0 Å². The Kier molecular flexibility index (Phi) is 4.71. The quantitative estimate of drug-likeness (QED) is 0.879. The van der Waals surface area contributed by atoms with Gasteiger partial charge in [0.25, 0.3) is 0 Å². The minimum absolute atomic E-state index is 0.884. The second-order valence-electron chi connectivity index (χ2n) is 4.99. The summed E-state index contributed by atoms with van der Waals surface area (Å²) in [5, 5.41) is 3.34. The van der Waals surface area contributed by atoms with Crippen LogP contribution in [0.4, 0.5) is 5.82 Å². The van der Waals surface area contributed by atoms with E-state index >= 15 is 0 Å². The predicted octanol–water partition coefficient (Wildman–Crippen LogP) is 3.05. The van der Waals surface area contributed by atoms with E-state index in [1.807, 2.05) is 23.9 Å². The molecule has 0 atom stereocenters. The van der Waals surface area contributed by atoms with E-state index in [4.69, 9.17) is 0 Å². The summed E-state index contributed by atoms with van der Waals surface area (Å²) in [7, 11) is 0. The van der Waals surface area contributed by atoms with Gasteiger partial charge >= 0.3 is 0 Å². The summed E-state index contributed by atoms with van der Waals surface area (Å²) in [6, 6.07) is 1.99. The fourth-order valence-corrected chi connectivity index (χ4v) is 2.02. The molecule has 2 rings (SSSR count). The van der Waals surface area contributed by atoms with Gasteiger partial charge in [0, 0.05) is 24.7 Å². The molecule has 0 aliphatic carbocycles. The fraction of sp³-hybridized carbons (Fsp3) is 0.533. The number of hydrogen-bond donors (Lipinski definition) is 1. The van der Waals surface area contributed by atoms with Crippen molar-refractivity contribution >= 4 is 5.82 Å². The Morgan fingerprint density at radius 2 is 1.95 bits per heavy atom. The molecule has 0 fully saturated rings. The third-order valence-corrected chi connectivity index (χ3v) is 3.29. The normalized spacial score (nSPS) is 10.8. The maximum Gasteiger partial charge on any atom is 0.143 e. The second-order valence-corrected chi connectivity index (χ2v) is 4.99. The van der Waals surface area contributed by atoms with E-state index in [1.165, 1.54) is 0 Å². The molecule has 0 spiro atoms. The van der Waals surface area contributed by atoms with Gasteiger partial charge in [-0.1, -0.05) is 13.8 Å². The highest BCUT2D eigenvalue weighted by Gasteiger charge is 2.09. The zero-order valence-electron chi connectivity index (χ0n) is 12.8. The number of nitrogens with zero attached hydrogens (tertiary/aromatic N) is 4. The van der Waals surface area contributed by atoms with E-state index < -0.39 is 0 Å². The molecule has 0 unspecified atom stereocenters. The molecule has 0 bridgehead atoms. The zero-order chi connectivity index (χ0) is 14.5. The van der Waals surface area contributed by atoms with E-state index in [1.54, 1.807) is 0 Å². The van der Waals surface area contributed by atoms with Crippen molar-refractivity contribution in [2.75, 3.05) is 11.9 Å². The van der Waals surface area contributed by atoms with E-state index in [9.17, 15) is 0 Å². The Morgan fingerprint density at radius 1 is 1.15 bits per heavy atom. The zero-order valence-corrected chi connectivity index (χ0v) is 12.8. The van der Waals surface area contributed by atoms with Crippen molar-refractivity contribution < 1.29 is 0 Å². The molecule has 0 aromatic carbocycles. The first kappa shape index (κ1) is 14.5. The van der Waals surface area contributed by atoms with Crippen LogP contribution in [0.1, 0.15) is 43.9 Å². The Bertz CT molecular complexity index is 574. The van der Waals surface area contributed by atoms with Crippen LogP contribution in [0.15, 0.2) is 12.4 Å². The van der Waals surface area contributed by atoms with Gasteiger partial charge in [-0.2, -0.15) is 0 Å². The average molecular weight is 273 g/mol. The minimum Gasteiger partial charge on any atom is -0.370 e.